The molecule has 1 N–H and O–H groups in total. The van der Waals surface area contributed by atoms with Crippen LogP contribution in [0.1, 0.15) is 24.0 Å². The van der Waals surface area contributed by atoms with Crippen molar-refractivity contribution in [2.45, 2.75) is 31.8 Å². The molecule has 0 aliphatic carbocycles. The number of benzene rings is 3. The van der Waals surface area contributed by atoms with Crippen LogP contribution in [-0.2, 0) is 32.6 Å². The zero-order valence-electron chi connectivity index (χ0n) is 21.6. The minimum Gasteiger partial charge on any atom is -0.357 e. The van der Waals surface area contributed by atoms with Gasteiger partial charge in [0.05, 0.1) is 17.0 Å². The molecule has 0 aliphatic heterocycles. The van der Waals surface area contributed by atoms with E-state index in [4.69, 9.17) is 23.2 Å². The summed E-state index contributed by atoms with van der Waals surface area (Å²) in [6.07, 6.45) is 1.28. The van der Waals surface area contributed by atoms with Gasteiger partial charge in [0.15, 0.2) is 0 Å². The molecule has 0 saturated heterocycles. The molecular weight excluding hydrogens is 564 g/mol. The molecule has 0 aliphatic rings. The fourth-order valence-corrected chi connectivity index (χ4v) is 5.60. The SMILES string of the molecule is CNC(=O)C(Cc1ccccc1)N(Cc1ccccc1F)C(=O)CCCN(c1cc(Cl)ccc1Cl)S(C)(=O)=O. The van der Waals surface area contributed by atoms with Gasteiger partial charge >= 0.3 is 0 Å². The van der Waals surface area contributed by atoms with E-state index < -0.39 is 33.7 Å². The largest absolute Gasteiger partial charge is 0.357 e. The van der Waals surface area contributed by atoms with Gasteiger partial charge in [-0.15, -0.1) is 0 Å². The third kappa shape index (κ3) is 8.42. The molecule has 0 radical (unpaired) electrons. The first kappa shape index (κ1) is 30.4. The van der Waals surface area contributed by atoms with E-state index in [0.29, 0.717) is 5.02 Å². The summed E-state index contributed by atoms with van der Waals surface area (Å²) in [5, 5.41) is 3.11. The second-order valence-electron chi connectivity index (χ2n) is 8.97. The van der Waals surface area contributed by atoms with Gasteiger partial charge in [-0.1, -0.05) is 71.7 Å². The normalized spacial score (nSPS) is 12.0. The summed E-state index contributed by atoms with van der Waals surface area (Å²) < 4.78 is 40.8. The molecule has 1 unspecified atom stereocenters. The lowest BCUT2D eigenvalue weighted by Gasteiger charge is -2.31. The molecule has 3 rings (SSSR count). The predicted octanol–water partition coefficient (Wildman–Crippen LogP) is 5.06. The van der Waals surface area contributed by atoms with Crippen LogP contribution >= 0.6 is 23.2 Å². The monoisotopic (exact) mass is 593 g/mol. The Hall–Kier alpha value is -3.14. The maximum atomic E-state index is 14.6. The summed E-state index contributed by atoms with van der Waals surface area (Å²) in [4.78, 5) is 27.9. The molecule has 0 spiro atoms. The van der Waals surface area contributed by atoms with Crippen molar-refractivity contribution in [2.24, 2.45) is 0 Å². The molecule has 0 bridgehead atoms. The molecule has 3 aromatic carbocycles. The first-order chi connectivity index (χ1) is 18.5. The third-order valence-electron chi connectivity index (χ3n) is 6.15. The Morgan fingerprint density at radius 3 is 2.31 bits per heavy atom. The molecule has 1 atom stereocenters. The molecule has 0 fully saturated rings. The summed E-state index contributed by atoms with van der Waals surface area (Å²) in [5.74, 6) is -1.31. The number of likely N-dealkylation sites (N-methyl/N-ethyl adjacent to an activating group) is 1. The lowest BCUT2D eigenvalue weighted by Crippen LogP contribution is -2.50. The van der Waals surface area contributed by atoms with Crippen molar-refractivity contribution < 1.29 is 22.4 Å². The number of hydrogen-bond donors (Lipinski definition) is 1. The van der Waals surface area contributed by atoms with Crippen molar-refractivity contribution in [3.05, 3.63) is 99.8 Å². The first-order valence-corrected chi connectivity index (χ1v) is 14.8. The summed E-state index contributed by atoms with van der Waals surface area (Å²) in [6, 6.07) is 18.8. The van der Waals surface area contributed by atoms with E-state index in [1.807, 2.05) is 30.3 Å². The topological polar surface area (TPSA) is 86.8 Å². The van der Waals surface area contributed by atoms with Gasteiger partial charge in [-0.3, -0.25) is 13.9 Å². The standard InChI is InChI=1S/C28H30Cl2FN3O4S/c1-32-28(36)26(17-20-9-4-3-5-10-20)33(19-21-11-6-7-12-24(21)31)27(35)13-8-16-34(39(2,37)38)25-18-22(29)14-15-23(25)30/h3-7,9-12,14-15,18,26H,8,13,16-17,19H2,1-2H3,(H,32,36). The number of nitrogens with zero attached hydrogens (tertiary/aromatic N) is 2. The van der Waals surface area contributed by atoms with Crippen LogP contribution in [0.25, 0.3) is 0 Å². The lowest BCUT2D eigenvalue weighted by atomic mass is 10.0. The van der Waals surface area contributed by atoms with E-state index >= 15 is 0 Å². The molecule has 39 heavy (non-hydrogen) atoms. The van der Waals surface area contributed by atoms with Crippen molar-refractivity contribution in [2.75, 3.05) is 24.2 Å². The number of anilines is 1. The van der Waals surface area contributed by atoms with Gasteiger partial charge in [-0.05, 0) is 36.2 Å². The number of carbonyl (C=O) groups is 2. The van der Waals surface area contributed by atoms with E-state index in [2.05, 4.69) is 5.32 Å². The fraction of sp³-hybridized carbons (Fsp3) is 0.286. The molecule has 3 aromatic rings. The van der Waals surface area contributed by atoms with Crippen LogP contribution in [0, 0.1) is 5.82 Å². The van der Waals surface area contributed by atoms with Gasteiger partial charge in [0, 0.05) is 43.6 Å². The third-order valence-corrected chi connectivity index (χ3v) is 7.88. The Balaban J connectivity index is 1.87. The van der Waals surface area contributed by atoms with Crippen LogP contribution in [-0.4, -0.2) is 51.0 Å². The summed E-state index contributed by atoms with van der Waals surface area (Å²) in [7, 11) is -2.28. The molecule has 7 nitrogen and oxygen atoms in total. The quantitative estimate of drug-likeness (QED) is 0.318. The number of hydrogen-bond acceptors (Lipinski definition) is 4. The van der Waals surface area contributed by atoms with E-state index in [9.17, 15) is 22.4 Å². The average molecular weight is 595 g/mol. The van der Waals surface area contributed by atoms with Crippen molar-refractivity contribution in [1.29, 1.82) is 0 Å². The number of nitrogens with one attached hydrogen (secondary N) is 1. The molecule has 2 amide bonds. The average Bonchev–Trinajstić information content (AvgIpc) is 2.90. The zero-order chi connectivity index (χ0) is 28.6. The molecule has 11 heteroatoms. The van der Waals surface area contributed by atoms with Crippen LogP contribution in [0.2, 0.25) is 10.0 Å². The van der Waals surface area contributed by atoms with Crippen molar-refractivity contribution >= 4 is 50.7 Å². The van der Waals surface area contributed by atoms with E-state index in [1.165, 1.54) is 30.1 Å². The molecular formula is C28H30Cl2FN3O4S. The Bertz CT molecular complexity index is 1410. The smallest absolute Gasteiger partial charge is 0.242 e. The highest BCUT2D eigenvalue weighted by molar-refractivity contribution is 7.92. The number of sulfonamides is 1. The van der Waals surface area contributed by atoms with E-state index in [1.54, 1.807) is 24.3 Å². The Morgan fingerprint density at radius 2 is 1.67 bits per heavy atom. The van der Waals surface area contributed by atoms with Crippen LogP contribution in [0.5, 0.6) is 0 Å². The van der Waals surface area contributed by atoms with Crippen LogP contribution in [0.15, 0.2) is 72.8 Å². The highest BCUT2D eigenvalue weighted by Gasteiger charge is 2.30. The zero-order valence-corrected chi connectivity index (χ0v) is 23.9. The van der Waals surface area contributed by atoms with Crippen molar-refractivity contribution in [1.82, 2.24) is 10.2 Å². The molecule has 0 aromatic heterocycles. The van der Waals surface area contributed by atoms with E-state index in [-0.39, 0.29) is 48.6 Å². The summed E-state index contributed by atoms with van der Waals surface area (Å²) in [6.45, 7) is -0.187. The summed E-state index contributed by atoms with van der Waals surface area (Å²) in [5.41, 5.74) is 1.29. The minimum atomic E-state index is -3.75. The molecule has 0 saturated carbocycles. The number of carbonyl (C=O) groups excluding carboxylic acids is 2. The highest BCUT2D eigenvalue weighted by atomic mass is 35.5. The Kier molecular flexibility index (Phi) is 10.7. The second kappa shape index (κ2) is 13.8. The van der Waals surface area contributed by atoms with Gasteiger partial charge in [-0.25, -0.2) is 12.8 Å². The van der Waals surface area contributed by atoms with Gasteiger partial charge < -0.3 is 10.2 Å². The van der Waals surface area contributed by atoms with Crippen LogP contribution in [0.3, 0.4) is 0 Å². The Morgan fingerprint density at radius 1 is 1.00 bits per heavy atom. The predicted molar refractivity (Wildman–Crippen MR) is 153 cm³/mol. The van der Waals surface area contributed by atoms with Crippen LogP contribution in [0.4, 0.5) is 10.1 Å². The molecule has 0 heterocycles. The van der Waals surface area contributed by atoms with Gasteiger partial charge in [0.25, 0.3) is 0 Å². The first-order valence-electron chi connectivity index (χ1n) is 12.2. The van der Waals surface area contributed by atoms with Gasteiger partial charge in [-0.2, -0.15) is 0 Å². The lowest BCUT2D eigenvalue weighted by molar-refractivity contribution is -0.141. The molecule has 208 valence electrons. The van der Waals surface area contributed by atoms with Crippen molar-refractivity contribution in [3.63, 3.8) is 0 Å². The minimum absolute atomic E-state index is 0.0541. The second-order valence-corrected chi connectivity index (χ2v) is 11.7. The highest BCUT2D eigenvalue weighted by Crippen LogP contribution is 2.31. The van der Waals surface area contributed by atoms with Crippen molar-refractivity contribution in [3.8, 4) is 0 Å². The van der Waals surface area contributed by atoms with Gasteiger partial charge in [0.2, 0.25) is 21.8 Å². The number of amides is 2. The van der Waals surface area contributed by atoms with Crippen LogP contribution < -0.4 is 9.62 Å². The number of halogens is 3. The maximum Gasteiger partial charge on any atom is 0.242 e. The fourth-order valence-electron chi connectivity index (χ4n) is 4.19. The Labute approximate surface area is 238 Å². The summed E-state index contributed by atoms with van der Waals surface area (Å²) >= 11 is 12.3. The van der Waals surface area contributed by atoms with E-state index in [0.717, 1.165) is 16.1 Å². The maximum absolute atomic E-state index is 14.6. The number of rotatable bonds is 12. The van der Waals surface area contributed by atoms with Gasteiger partial charge in [0.1, 0.15) is 11.9 Å².